The van der Waals surface area contributed by atoms with Crippen molar-refractivity contribution in [1.29, 1.82) is 0 Å². The van der Waals surface area contributed by atoms with Crippen LogP contribution in [0.5, 0.6) is 0 Å². The summed E-state index contributed by atoms with van der Waals surface area (Å²) in [7, 11) is 1.81. The number of nitrogens with zero attached hydrogens (tertiary/aromatic N) is 4. The van der Waals surface area contributed by atoms with E-state index in [1.54, 1.807) is 11.6 Å². The Bertz CT molecular complexity index is 751. The van der Waals surface area contributed by atoms with E-state index in [1.165, 1.54) is 6.33 Å². The maximum atomic E-state index is 12.4. The Morgan fingerprint density at radius 2 is 2.08 bits per heavy atom. The van der Waals surface area contributed by atoms with Gasteiger partial charge in [0.05, 0.1) is 6.04 Å². The molecule has 0 fully saturated rings. The number of aromatic amines is 1. The van der Waals surface area contributed by atoms with Crippen LogP contribution in [0.4, 0.5) is 0 Å². The third-order valence-corrected chi connectivity index (χ3v) is 4.06. The number of aromatic nitrogens is 5. The number of hydrogen-bond acceptors (Lipinski definition) is 5. The normalized spacial score (nSPS) is 12.4. The number of H-pyrrole nitrogens is 1. The first kappa shape index (κ1) is 17.8. The number of aryl methyl sites for hydroxylation is 3. The minimum absolute atomic E-state index is 0.0679. The Morgan fingerprint density at radius 3 is 2.62 bits per heavy atom. The first-order valence-corrected chi connectivity index (χ1v) is 7.99. The van der Waals surface area contributed by atoms with Crippen LogP contribution in [0.2, 0.25) is 0 Å². The van der Waals surface area contributed by atoms with Crippen LogP contribution in [0.25, 0.3) is 0 Å². The van der Waals surface area contributed by atoms with Gasteiger partial charge in [-0.3, -0.25) is 9.48 Å². The van der Waals surface area contributed by atoms with E-state index in [1.807, 2.05) is 27.8 Å². The zero-order valence-corrected chi connectivity index (χ0v) is 14.8. The number of nitrogens with one attached hydrogen (secondary N) is 2. The number of carbonyl (C=O) groups excluding carboxylic acids is 1. The molecule has 2 rings (SSSR count). The Hall–Kier alpha value is -2.51. The molecule has 0 spiro atoms. The molecule has 130 valence electrons. The first-order valence-electron chi connectivity index (χ1n) is 7.99. The molecule has 0 bridgehead atoms. The summed E-state index contributed by atoms with van der Waals surface area (Å²) in [4.78, 5) is 34.5. The molecule has 1 atom stereocenters. The third-order valence-electron chi connectivity index (χ3n) is 4.06. The van der Waals surface area contributed by atoms with Crippen molar-refractivity contribution in [2.24, 2.45) is 13.0 Å². The van der Waals surface area contributed by atoms with Crippen molar-refractivity contribution >= 4 is 5.91 Å². The highest BCUT2D eigenvalue weighted by Gasteiger charge is 2.22. The van der Waals surface area contributed by atoms with E-state index >= 15 is 0 Å². The molecule has 2 aromatic heterocycles. The van der Waals surface area contributed by atoms with E-state index in [2.05, 4.69) is 25.4 Å². The predicted octanol–water partition coefficient (Wildman–Crippen LogP) is 0.961. The summed E-state index contributed by atoms with van der Waals surface area (Å²) in [5.41, 5.74) is 1.97. The molecule has 2 N–H and O–H groups in total. The predicted molar refractivity (Wildman–Crippen MR) is 89.4 cm³/mol. The van der Waals surface area contributed by atoms with Crippen molar-refractivity contribution in [3.63, 3.8) is 0 Å². The Morgan fingerprint density at radius 1 is 1.38 bits per heavy atom. The molecule has 0 aliphatic rings. The van der Waals surface area contributed by atoms with Gasteiger partial charge >= 0.3 is 5.69 Å². The SMILES string of the molecule is Cc1nc(=O)[nH]c(C)c1CCC(=O)NC(c1ncnn1C)C(C)C. The molecule has 0 saturated heterocycles. The van der Waals surface area contributed by atoms with Crippen LogP contribution < -0.4 is 11.0 Å². The molecule has 8 heteroatoms. The molecular weight excluding hydrogens is 308 g/mol. The smallest absolute Gasteiger partial charge is 0.345 e. The fraction of sp³-hybridized carbons (Fsp3) is 0.562. The average Bonchev–Trinajstić information content (AvgIpc) is 2.89. The number of amides is 1. The van der Waals surface area contributed by atoms with Gasteiger partial charge in [-0.05, 0) is 31.7 Å². The maximum Gasteiger partial charge on any atom is 0.345 e. The highest BCUT2D eigenvalue weighted by Crippen LogP contribution is 2.19. The van der Waals surface area contributed by atoms with Crippen LogP contribution in [-0.4, -0.2) is 30.6 Å². The lowest BCUT2D eigenvalue weighted by Gasteiger charge is -2.21. The van der Waals surface area contributed by atoms with Gasteiger partial charge in [0.2, 0.25) is 5.91 Å². The lowest BCUT2D eigenvalue weighted by Crippen LogP contribution is -2.33. The lowest BCUT2D eigenvalue weighted by atomic mass is 10.0. The lowest BCUT2D eigenvalue weighted by molar-refractivity contribution is -0.122. The highest BCUT2D eigenvalue weighted by molar-refractivity contribution is 5.76. The minimum Gasteiger partial charge on any atom is -0.346 e. The van der Waals surface area contributed by atoms with Crippen molar-refractivity contribution in [2.45, 2.75) is 46.6 Å². The molecular formula is C16H24N6O2. The van der Waals surface area contributed by atoms with Gasteiger partial charge in [-0.15, -0.1) is 0 Å². The van der Waals surface area contributed by atoms with Crippen LogP contribution in [0.1, 0.15) is 49.1 Å². The molecule has 0 aromatic carbocycles. The van der Waals surface area contributed by atoms with Crippen LogP contribution in [-0.2, 0) is 18.3 Å². The van der Waals surface area contributed by atoms with Gasteiger partial charge in [0.25, 0.3) is 0 Å². The van der Waals surface area contributed by atoms with E-state index in [0.717, 1.165) is 17.1 Å². The summed E-state index contributed by atoms with van der Waals surface area (Å²) >= 11 is 0. The van der Waals surface area contributed by atoms with Gasteiger partial charge in [-0.1, -0.05) is 13.8 Å². The monoisotopic (exact) mass is 332 g/mol. The molecule has 8 nitrogen and oxygen atoms in total. The largest absolute Gasteiger partial charge is 0.346 e. The van der Waals surface area contributed by atoms with Gasteiger partial charge in [-0.2, -0.15) is 10.1 Å². The van der Waals surface area contributed by atoms with Crippen LogP contribution in [0.15, 0.2) is 11.1 Å². The van der Waals surface area contributed by atoms with Gasteiger partial charge in [0, 0.05) is 24.9 Å². The topological polar surface area (TPSA) is 106 Å². The van der Waals surface area contributed by atoms with E-state index in [-0.39, 0.29) is 23.6 Å². The van der Waals surface area contributed by atoms with Crippen molar-refractivity contribution in [3.05, 3.63) is 39.6 Å². The minimum atomic E-state index is -0.361. The molecule has 0 saturated carbocycles. The second-order valence-electron chi connectivity index (χ2n) is 6.26. The second-order valence-corrected chi connectivity index (χ2v) is 6.26. The van der Waals surface area contributed by atoms with E-state index < -0.39 is 0 Å². The summed E-state index contributed by atoms with van der Waals surface area (Å²) < 4.78 is 1.67. The Kier molecular flexibility index (Phi) is 5.48. The van der Waals surface area contributed by atoms with Crippen LogP contribution in [0, 0.1) is 19.8 Å². The molecule has 1 amide bonds. The Labute approximate surface area is 140 Å². The zero-order valence-electron chi connectivity index (χ0n) is 14.8. The fourth-order valence-electron chi connectivity index (χ4n) is 2.72. The maximum absolute atomic E-state index is 12.4. The third kappa shape index (κ3) is 4.06. The molecule has 2 heterocycles. The molecule has 24 heavy (non-hydrogen) atoms. The van der Waals surface area contributed by atoms with Crippen molar-refractivity contribution in [3.8, 4) is 0 Å². The molecule has 1 unspecified atom stereocenters. The average molecular weight is 332 g/mol. The number of carbonyl (C=O) groups is 1. The summed E-state index contributed by atoms with van der Waals surface area (Å²) in [6.07, 6.45) is 2.32. The van der Waals surface area contributed by atoms with Gasteiger partial charge in [0.15, 0.2) is 0 Å². The zero-order chi connectivity index (χ0) is 17.9. The van der Waals surface area contributed by atoms with Crippen molar-refractivity contribution in [2.75, 3.05) is 0 Å². The van der Waals surface area contributed by atoms with E-state index in [0.29, 0.717) is 18.5 Å². The second kappa shape index (κ2) is 7.37. The fourth-order valence-corrected chi connectivity index (χ4v) is 2.72. The Balaban J connectivity index is 2.05. The van der Waals surface area contributed by atoms with Crippen molar-refractivity contribution in [1.82, 2.24) is 30.0 Å². The van der Waals surface area contributed by atoms with Crippen molar-refractivity contribution < 1.29 is 4.79 Å². The first-order chi connectivity index (χ1) is 11.3. The molecule has 0 aliphatic carbocycles. The summed E-state index contributed by atoms with van der Waals surface area (Å²) in [6.45, 7) is 7.66. The quantitative estimate of drug-likeness (QED) is 0.819. The van der Waals surface area contributed by atoms with Gasteiger partial charge in [0.1, 0.15) is 12.2 Å². The van der Waals surface area contributed by atoms with Crippen LogP contribution in [0.3, 0.4) is 0 Å². The summed E-state index contributed by atoms with van der Waals surface area (Å²) in [6, 6.07) is -0.194. The summed E-state index contributed by atoms with van der Waals surface area (Å²) in [5, 5.41) is 7.09. The van der Waals surface area contributed by atoms with E-state index in [9.17, 15) is 9.59 Å². The van der Waals surface area contributed by atoms with E-state index in [4.69, 9.17) is 0 Å². The molecule has 2 aromatic rings. The van der Waals surface area contributed by atoms with Gasteiger partial charge < -0.3 is 10.3 Å². The highest BCUT2D eigenvalue weighted by atomic mass is 16.1. The molecule has 0 aliphatic heterocycles. The molecule has 0 radical (unpaired) electrons. The number of hydrogen-bond donors (Lipinski definition) is 2. The van der Waals surface area contributed by atoms with Gasteiger partial charge in [-0.25, -0.2) is 9.78 Å². The number of rotatable bonds is 6. The summed E-state index contributed by atoms with van der Waals surface area (Å²) in [5.74, 6) is 0.855. The standard InChI is InChI=1S/C16H24N6O2/c1-9(2)14(15-17-8-18-22(15)5)21-13(23)7-6-12-10(3)19-16(24)20-11(12)4/h8-9,14H,6-7H2,1-5H3,(H,21,23)(H,19,20,24). The van der Waals surface area contributed by atoms with Crippen LogP contribution >= 0.6 is 0 Å².